The van der Waals surface area contributed by atoms with Crippen molar-refractivity contribution in [1.82, 2.24) is 4.98 Å². The summed E-state index contributed by atoms with van der Waals surface area (Å²) in [6, 6.07) is 13.5. The van der Waals surface area contributed by atoms with Gasteiger partial charge in [0.05, 0.1) is 12.1 Å². The summed E-state index contributed by atoms with van der Waals surface area (Å²) in [4.78, 5) is 17.8. The monoisotopic (exact) mass is 371 g/mol. The number of nitrogens with one attached hydrogen (secondary N) is 2. The molecule has 25 heavy (non-hydrogen) atoms. The Bertz CT molecular complexity index is 907. The average molecular weight is 372 g/mol. The Balaban J connectivity index is 1.77. The van der Waals surface area contributed by atoms with E-state index in [0.29, 0.717) is 16.6 Å². The fourth-order valence-electron chi connectivity index (χ4n) is 2.44. The van der Waals surface area contributed by atoms with Crippen LogP contribution in [0.2, 0.25) is 4.47 Å². The van der Waals surface area contributed by atoms with E-state index >= 15 is 0 Å². The van der Waals surface area contributed by atoms with Crippen LogP contribution in [0.4, 0.5) is 11.4 Å². The van der Waals surface area contributed by atoms with E-state index in [4.69, 9.17) is 11.6 Å². The Morgan fingerprint density at radius 1 is 1.16 bits per heavy atom. The lowest BCUT2D eigenvalue weighted by atomic mass is 10.1. The van der Waals surface area contributed by atoms with Crippen molar-refractivity contribution < 1.29 is 4.79 Å². The third-order valence-electron chi connectivity index (χ3n) is 3.79. The van der Waals surface area contributed by atoms with Gasteiger partial charge in [-0.2, -0.15) is 0 Å². The number of anilines is 2. The van der Waals surface area contributed by atoms with Crippen LogP contribution in [0.1, 0.15) is 26.4 Å². The quantitative estimate of drug-likeness (QED) is 0.641. The third kappa shape index (κ3) is 4.38. The molecule has 0 saturated heterocycles. The van der Waals surface area contributed by atoms with Gasteiger partial charge < -0.3 is 10.6 Å². The molecule has 0 aliphatic heterocycles. The second-order valence-electron chi connectivity index (χ2n) is 5.75. The van der Waals surface area contributed by atoms with Crippen LogP contribution in [0.5, 0.6) is 0 Å². The molecular formula is C19H18ClN3OS. The summed E-state index contributed by atoms with van der Waals surface area (Å²) in [5.41, 5.74) is 4.33. The predicted molar refractivity (Wildman–Crippen MR) is 105 cm³/mol. The molecule has 0 radical (unpaired) electrons. The van der Waals surface area contributed by atoms with Crippen molar-refractivity contribution in [3.05, 3.63) is 74.7 Å². The molecule has 1 heterocycles. The standard InChI is InChI=1S/C19H18ClN3OS/c1-12-7-8-13(2)17(9-12)23-18(24)15-5-3-4-6-16(15)21-10-14-11-22-19(20)25-14/h3-9,11,21H,10H2,1-2H3,(H,23,24). The van der Waals surface area contributed by atoms with E-state index in [2.05, 4.69) is 15.6 Å². The van der Waals surface area contributed by atoms with Crippen LogP contribution in [0.25, 0.3) is 0 Å². The molecule has 0 aliphatic rings. The van der Waals surface area contributed by atoms with Crippen molar-refractivity contribution in [1.29, 1.82) is 0 Å². The molecule has 0 saturated carbocycles. The second-order valence-corrected chi connectivity index (χ2v) is 7.45. The molecule has 0 bridgehead atoms. The maximum Gasteiger partial charge on any atom is 0.257 e. The number of aromatic nitrogens is 1. The minimum atomic E-state index is -0.140. The lowest BCUT2D eigenvalue weighted by Crippen LogP contribution is -2.15. The number of hydrogen-bond acceptors (Lipinski definition) is 4. The number of carbonyl (C=O) groups excluding carboxylic acids is 1. The summed E-state index contributed by atoms with van der Waals surface area (Å²) >= 11 is 7.28. The largest absolute Gasteiger partial charge is 0.379 e. The zero-order valence-corrected chi connectivity index (χ0v) is 15.5. The van der Waals surface area contributed by atoms with Gasteiger partial charge in [-0.05, 0) is 43.2 Å². The normalized spacial score (nSPS) is 10.5. The number of aryl methyl sites for hydroxylation is 2. The van der Waals surface area contributed by atoms with Crippen LogP contribution in [0.3, 0.4) is 0 Å². The number of para-hydroxylation sites is 1. The van der Waals surface area contributed by atoms with Crippen molar-refractivity contribution in [2.45, 2.75) is 20.4 Å². The van der Waals surface area contributed by atoms with Gasteiger partial charge >= 0.3 is 0 Å². The number of benzene rings is 2. The van der Waals surface area contributed by atoms with Crippen LogP contribution in [-0.2, 0) is 6.54 Å². The smallest absolute Gasteiger partial charge is 0.257 e. The molecule has 1 aromatic heterocycles. The molecule has 1 amide bonds. The highest BCUT2D eigenvalue weighted by molar-refractivity contribution is 7.15. The van der Waals surface area contributed by atoms with Crippen molar-refractivity contribution in [2.75, 3.05) is 10.6 Å². The zero-order valence-electron chi connectivity index (χ0n) is 14.0. The summed E-state index contributed by atoms with van der Waals surface area (Å²) in [6.07, 6.45) is 1.73. The van der Waals surface area contributed by atoms with E-state index < -0.39 is 0 Å². The summed E-state index contributed by atoms with van der Waals surface area (Å²) < 4.78 is 0.512. The van der Waals surface area contributed by atoms with E-state index in [1.807, 2.05) is 56.3 Å². The summed E-state index contributed by atoms with van der Waals surface area (Å²) in [6.45, 7) is 4.55. The summed E-state index contributed by atoms with van der Waals surface area (Å²) in [5, 5.41) is 6.29. The van der Waals surface area contributed by atoms with Crippen LogP contribution in [0, 0.1) is 13.8 Å². The van der Waals surface area contributed by atoms with Crippen LogP contribution < -0.4 is 10.6 Å². The Morgan fingerprint density at radius 2 is 1.96 bits per heavy atom. The van der Waals surface area contributed by atoms with Crippen molar-refractivity contribution in [3.63, 3.8) is 0 Å². The molecule has 0 unspecified atom stereocenters. The number of carbonyl (C=O) groups is 1. The Morgan fingerprint density at radius 3 is 2.72 bits per heavy atom. The number of nitrogens with zero attached hydrogens (tertiary/aromatic N) is 1. The van der Waals surface area contributed by atoms with Gasteiger partial charge in [0.2, 0.25) is 0 Å². The fourth-order valence-corrected chi connectivity index (χ4v) is 3.36. The third-order valence-corrected chi connectivity index (χ3v) is 4.91. The molecule has 0 aliphatic carbocycles. The first kappa shape index (κ1) is 17.5. The predicted octanol–water partition coefficient (Wildman–Crippen LogP) is 5.28. The molecule has 2 aromatic carbocycles. The van der Waals surface area contributed by atoms with Crippen molar-refractivity contribution in [2.24, 2.45) is 0 Å². The highest BCUT2D eigenvalue weighted by Gasteiger charge is 2.12. The first-order valence-electron chi connectivity index (χ1n) is 7.84. The first-order chi connectivity index (χ1) is 12.0. The van der Waals surface area contributed by atoms with Gasteiger partial charge in [-0.1, -0.05) is 35.9 Å². The maximum atomic E-state index is 12.7. The van der Waals surface area contributed by atoms with E-state index in [9.17, 15) is 4.79 Å². The molecule has 0 atom stereocenters. The Labute approximate surface area is 155 Å². The van der Waals surface area contributed by atoms with E-state index in [-0.39, 0.29) is 5.91 Å². The minimum absolute atomic E-state index is 0.140. The highest BCUT2D eigenvalue weighted by Crippen LogP contribution is 2.23. The molecule has 6 heteroatoms. The van der Waals surface area contributed by atoms with Crippen LogP contribution >= 0.6 is 22.9 Å². The number of amides is 1. The SMILES string of the molecule is Cc1ccc(C)c(NC(=O)c2ccccc2NCc2cnc(Cl)s2)c1. The van der Waals surface area contributed by atoms with Gasteiger partial charge in [0.25, 0.3) is 5.91 Å². The maximum absolute atomic E-state index is 12.7. The topological polar surface area (TPSA) is 54.0 Å². The zero-order chi connectivity index (χ0) is 17.8. The van der Waals surface area contributed by atoms with Crippen molar-refractivity contribution >= 4 is 40.2 Å². The van der Waals surface area contributed by atoms with Gasteiger partial charge in [-0.15, -0.1) is 11.3 Å². The fraction of sp³-hybridized carbons (Fsp3) is 0.158. The average Bonchev–Trinajstić information content (AvgIpc) is 3.02. The van der Waals surface area contributed by atoms with Gasteiger partial charge in [-0.3, -0.25) is 4.79 Å². The van der Waals surface area contributed by atoms with Gasteiger partial charge in [0.15, 0.2) is 4.47 Å². The van der Waals surface area contributed by atoms with Crippen molar-refractivity contribution in [3.8, 4) is 0 Å². The minimum Gasteiger partial charge on any atom is -0.379 e. The molecule has 0 spiro atoms. The molecule has 128 valence electrons. The van der Waals surface area contributed by atoms with Gasteiger partial charge in [0, 0.05) is 22.4 Å². The van der Waals surface area contributed by atoms with E-state index in [1.165, 1.54) is 11.3 Å². The molecule has 0 fully saturated rings. The second kappa shape index (κ2) is 7.68. The Hall–Kier alpha value is -2.37. The highest BCUT2D eigenvalue weighted by atomic mass is 35.5. The van der Waals surface area contributed by atoms with Gasteiger partial charge in [-0.25, -0.2) is 4.98 Å². The number of halogens is 1. The molecule has 3 aromatic rings. The van der Waals surface area contributed by atoms with Crippen LogP contribution in [-0.4, -0.2) is 10.9 Å². The molecule has 3 rings (SSSR count). The molecule has 2 N–H and O–H groups in total. The van der Waals surface area contributed by atoms with Gasteiger partial charge in [0.1, 0.15) is 0 Å². The van der Waals surface area contributed by atoms with E-state index in [1.54, 1.807) is 6.20 Å². The van der Waals surface area contributed by atoms with Crippen LogP contribution in [0.15, 0.2) is 48.7 Å². The summed E-state index contributed by atoms with van der Waals surface area (Å²) in [7, 11) is 0. The molecular weight excluding hydrogens is 354 g/mol. The number of thiazole rings is 1. The molecule has 4 nitrogen and oxygen atoms in total. The summed E-state index contributed by atoms with van der Waals surface area (Å²) in [5.74, 6) is -0.140. The number of hydrogen-bond donors (Lipinski definition) is 2. The van der Waals surface area contributed by atoms with E-state index in [0.717, 1.165) is 27.4 Å². The first-order valence-corrected chi connectivity index (χ1v) is 9.04. The number of rotatable bonds is 5. The Kier molecular flexibility index (Phi) is 5.36. The lowest BCUT2D eigenvalue weighted by Gasteiger charge is -2.13. The lowest BCUT2D eigenvalue weighted by molar-refractivity contribution is 0.102.